The quantitative estimate of drug-likeness (QED) is 0.204. The summed E-state index contributed by atoms with van der Waals surface area (Å²) < 4.78 is 4.08. The minimum atomic E-state index is -3.94. The smallest absolute Gasteiger partial charge is 0.341 e. The van der Waals surface area contributed by atoms with E-state index in [0.29, 0.717) is 0 Å². The second kappa shape index (κ2) is 3.31. The van der Waals surface area contributed by atoms with Crippen LogP contribution in [0.15, 0.2) is 0 Å². The van der Waals surface area contributed by atoms with Crippen molar-refractivity contribution in [1.29, 1.82) is 0 Å². The molecule has 1 aliphatic rings. The van der Waals surface area contributed by atoms with Crippen LogP contribution in [0, 0.1) is 0 Å². The van der Waals surface area contributed by atoms with Gasteiger partial charge in [-0.15, -0.1) is 0 Å². The van der Waals surface area contributed by atoms with E-state index in [-0.39, 0.29) is 0 Å². The van der Waals surface area contributed by atoms with Crippen molar-refractivity contribution in [3.63, 3.8) is 0 Å². The number of rotatable bonds is 1. The highest BCUT2D eigenvalue weighted by molar-refractivity contribution is 5.01. The molecule has 9 nitrogen and oxygen atoms in total. The lowest BCUT2D eigenvalue weighted by atomic mass is 9.90. The van der Waals surface area contributed by atoms with Gasteiger partial charge < -0.3 is 45.6 Å². The van der Waals surface area contributed by atoms with E-state index in [1.54, 1.807) is 0 Å². The molecule has 0 aliphatic carbocycles. The summed E-state index contributed by atoms with van der Waals surface area (Å²) in [5.41, 5.74) is 0. The van der Waals surface area contributed by atoms with Crippen molar-refractivity contribution in [1.82, 2.24) is 0 Å². The molecule has 0 saturated carbocycles. The van der Waals surface area contributed by atoms with Crippen LogP contribution >= 0.6 is 0 Å². The van der Waals surface area contributed by atoms with Gasteiger partial charge >= 0.3 is 11.8 Å². The molecule has 1 heterocycles. The van der Waals surface area contributed by atoms with Gasteiger partial charge in [-0.1, -0.05) is 0 Å². The fourth-order valence-corrected chi connectivity index (χ4v) is 1.20. The zero-order chi connectivity index (χ0) is 12.1. The lowest BCUT2D eigenvalue weighted by molar-refractivity contribution is -0.563. The molecule has 0 amide bonds. The molecule has 0 unspecified atom stereocenters. The van der Waals surface area contributed by atoms with Crippen LogP contribution in [0.3, 0.4) is 0 Å². The molecular weight excluding hydrogens is 216 g/mol. The number of hydrogen-bond donors (Lipinski definition) is 8. The Kier molecular flexibility index (Phi) is 2.81. The molecule has 0 radical (unpaired) electrons. The molecule has 8 N–H and O–H groups in total. The van der Waals surface area contributed by atoms with Crippen molar-refractivity contribution >= 4 is 0 Å². The zero-order valence-corrected chi connectivity index (χ0v) is 7.35. The molecule has 9 heteroatoms. The van der Waals surface area contributed by atoms with Crippen molar-refractivity contribution in [2.24, 2.45) is 0 Å². The van der Waals surface area contributed by atoms with Gasteiger partial charge in [-0.05, 0) is 0 Å². The Balaban J connectivity index is 3.14. The highest BCUT2D eigenvalue weighted by atomic mass is 16.8. The lowest BCUT2D eigenvalue weighted by Crippen LogP contribution is -2.79. The largest absolute Gasteiger partial charge is 0.394 e. The van der Waals surface area contributed by atoms with Crippen LogP contribution in [0.4, 0.5) is 0 Å². The Morgan fingerprint density at radius 2 is 1.47 bits per heavy atom. The van der Waals surface area contributed by atoms with Gasteiger partial charge in [-0.25, -0.2) is 0 Å². The Hall–Kier alpha value is -0.360. The summed E-state index contributed by atoms with van der Waals surface area (Å²) in [5.74, 6) is -11.4. The Morgan fingerprint density at radius 1 is 1.00 bits per heavy atom. The van der Waals surface area contributed by atoms with Crippen LogP contribution in [0.1, 0.15) is 0 Å². The van der Waals surface area contributed by atoms with Gasteiger partial charge in [0.2, 0.25) is 0 Å². The summed E-state index contributed by atoms with van der Waals surface area (Å²) >= 11 is 0. The molecule has 0 aromatic heterocycles. The SMILES string of the molecule is OC[C@H]1OC(O)(O)C(O)(O)C(O)(O)[C@H]1O. The monoisotopic (exact) mass is 228 g/mol. The third kappa shape index (κ3) is 1.54. The van der Waals surface area contributed by atoms with Crippen molar-refractivity contribution in [2.75, 3.05) is 6.61 Å². The van der Waals surface area contributed by atoms with Gasteiger partial charge in [0.15, 0.2) is 0 Å². The Labute approximate surface area is 83.0 Å². The molecule has 1 rings (SSSR count). The maximum Gasteiger partial charge on any atom is 0.341 e. The van der Waals surface area contributed by atoms with Crippen LogP contribution in [-0.4, -0.2) is 77.2 Å². The summed E-state index contributed by atoms with van der Waals surface area (Å²) in [6.07, 6.45) is -4.15. The third-order valence-corrected chi connectivity index (χ3v) is 2.23. The zero-order valence-electron chi connectivity index (χ0n) is 7.35. The van der Waals surface area contributed by atoms with E-state index in [1.165, 1.54) is 0 Å². The maximum atomic E-state index is 9.14. The minimum absolute atomic E-state index is 0.997. The molecular formula is C6H12O9. The van der Waals surface area contributed by atoms with Crippen LogP contribution in [0.25, 0.3) is 0 Å². The number of aliphatic hydroxyl groups excluding tert-OH is 2. The number of hydrogen-bond acceptors (Lipinski definition) is 9. The van der Waals surface area contributed by atoms with E-state index < -0.39 is 36.4 Å². The van der Waals surface area contributed by atoms with Gasteiger partial charge in [0.25, 0.3) is 5.79 Å². The Morgan fingerprint density at radius 3 is 1.87 bits per heavy atom. The third-order valence-electron chi connectivity index (χ3n) is 2.23. The second-order valence-electron chi connectivity index (χ2n) is 3.29. The molecule has 90 valence electrons. The normalized spacial score (nSPS) is 37.6. The molecule has 0 spiro atoms. The molecule has 1 saturated heterocycles. The van der Waals surface area contributed by atoms with Crippen LogP contribution in [0.5, 0.6) is 0 Å². The molecule has 0 aromatic carbocycles. The molecule has 1 fully saturated rings. The molecule has 2 atom stereocenters. The van der Waals surface area contributed by atoms with Gasteiger partial charge in [0, 0.05) is 0 Å². The number of aliphatic hydroxyl groups is 8. The van der Waals surface area contributed by atoms with Crippen molar-refractivity contribution in [3.8, 4) is 0 Å². The minimum Gasteiger partial charge on any atom is -0.394 e. The standard InChI is InChI=1S/C6H12O9/c7-1-2-3(8)4(9,10)5(11,12)6(13,14)15-2/h2-3,7-14H,1H2/t2-,3+/m1/s1. The fraction of sp³-hybridized carbons (Fsp3) is 1.00. The van der Waals surface area contributed by atoms with Gasteiger partial charge in [-0.3, -0.25) is 0 Å². The van der Waals surface area contributed by atoms with Gasteiger partial charge in [-0.2, -0.15) is 0 Å². The Bertz CT molecular complexity index is 247. The topological polar surface area (TPSA) is 171 Å². The average molecular weight is 228 g/mol. The molecule has 15 heavy (non-hydrogen) atoms. The predicted octanol–water partition coefficient (Wildman–Crippen LogP) is -5.26. The van der Waals surface area contributed by atoms with E-state index in [9.17, 15) is 0 Å². The molecule has 1 aliphatic heterocycles. The first-order valence-corrected chi connectivity index (χ1v) is 3.89. The van der Waals surface area contributed by atoms with E-state index in [1.807, 2.05) is 0 Å². The summed E-state index contributed by atoms with van der Waals surface area (Å²) in [5, 5.41) is 71.8. The van der Waals surface area contributed by atoms with E-state index in [2.05, 4.69) is 4.74 Å². The highest BCUT2D eigenvalue weighted by Gasteiger charge is 2.71. The van der Waals surface area contributed by atoms with Crippen molar-refractivity contribution in [2.45, 2.75) is 29.8 Å². The first-order valence-electron chi connectivity index (χ1n) is 3.89. The second-order valence-corrected chi connectivity index (χ2v) is 3.29. The van der Waals surface area contributed by atoms with Crippen LogP contribution in [-0.2, 0) is 4.74 Å². The maximum absolute atomic E-state index is 9.14. The summed E-state index contributed by atoms with van der Waals surface area (Å²) in [6.45, 7) is -0.997. The van der Waals surface area contributed by atoms with E-state index in [4.69, 9.17) is 40.9 Å². The fourth-order valence-electron chi connectivity index (χ4n) is 1.20. The summed E-state index contributed by atoms with van der Waals surface area (Å²) in [4.78, 5) is 0. The summed E-state index contributed by atoms with van der Waals surface area (Å²) in [7, 11) is 0. The van der Waals surface area contributed by atoms with Gasteiger partial charge in [0.05, 0.1) is 6.61 Å². The number of ether oxygens (including phenoxy) is 1. The predicted molar refractivity (Wildman–Crippen MR) is 39.5 cm³/mol. The molecule has 0 bridgehead atoms. The van der Waals surface area contributed by atoms with Crippen molar-refractivity contribution < 1.29 is 45.6 Å². The molecule has 0 aromatic rings. The summed E-state index contributed by atoms with van der Waals surface area (Å²) in [6, 6.07) is 0. The first-order chi connectivity index (χ1) is 6.58. The van der Waals surface area contributed by atoms with Crippen molar-refractivity contribution in [3.05, 3.63) is 0 Å². The first kappa shape index (κ1) is 12.7. The van der Waals surface area contributed by atoms with E-state index >= 15 is 0 Å². The average Bonchev–Trinajstić information content (AvgIpc) is 2.10. The van der Waals surface area contributed by atoms with E-state index in [0.717, 1.165) is 0 Å². The highest BCUT2D eigenvalue weighted by Crippen LogP contribution is 2.38. The van der Waals surface area contributed by atoms with Crippen LogP contribution < -0.4 is 0 Å². The van der Waals surface area contributed by atoms with Crippen LogP contribution in [0.2, 0.25) is 0 Å². The lowest BCUT2D eigenvalue weighted by Gasteiger charge is -2.50. The van der Waals surface area contributed by atoms with Gasteiger partial charge in [0.1, 0.15) is 12.2 Å².